The lowest BCUT2D eigenvalue weighted by Crippen LogP contribution is -2.51. The second-order valence-corrected chi connectivity index (χ2v) is 7.45. The SMILES string of the molecule is COc1ccc(Cl)cc1C1(CNC(C)C)CC2(CC2)C1. The highest BCUT2D eigenvalue weighted by molar-refractivity contribution is 6.30. The Morgan fingerprint density at radius 3 is 2.55 bits per heavy atom. The predicted molar refractivity (Wildman–Crippen MR) is 83.7 cm³/mol. The van der Waals surface area contributed by atoms with E-state index in [2.05, 4.69) is 25.2 Å². The minimum absolute atomic E-state index is 0.205. The Morgan fingerprint density at radius 2 is 2.00 bits per heavy atom. The van der Waals surface area contributed by atoms with Gasteiger partial charge in [-0.15, -0.1) is 0 Å². The molecule has 0 radical (unpaired) electrons. The first-order valence-corrected chi connectivity index (χ1v) is 7.94. The van der Waals surface area contributed by atoms with E-state index in [1.807, 2.05) is 12.1 Å². The van der Waals surface area contributed by atoms with E-state index in [4.69, 9.17) is 16.3 Å². The Kier molecular flexibility index (Phi) is 3.50. The fourth-order valence-corrected chi connectivity index (χ4v) is 3.99. The molecule has 1 aromatic carbocycles. The van der Waals surface area contributed by atoms with Crippen molar-refractivity contribution in [3.05, 3.63) is 28.8 Å². The number of benzene rings is 1. The summed E-state index contributed by atoms with van der Waals surface area (Å²) in [6.07, 6.45) is 5.35. The van der Waals surface area contributed by atoms with E-state index in [9.17, 15) is 0 Å². The van der Waals surface area contributed by atoms with Crippen LogP contribution >= 0.6 is 11.6 Å². The summed E-state index contributed by atoms with van der Waals surface area (Å²) in [6, 6.07) is 6.54. The third kappa shape index (κ3) is 2.44. The zero-order valence-corrected chi connectivity index (χ0v) is 13.4. The molecule has 3 rings (SSSR count). The predicted octanol–water partition coefficient (Wildman–Crippen LogP) is 4.16. The minimum Gasteiger partial charge on any atom is -0.496 e. The Labute approximate surface area is 126 Å². The number of rotatable bonds is 5. The van der Waals surface area contributed by atoms with Crippen LogP contribution in [0.5, 0.6) is 5.75 Å². The molecule has 20 heavy (non-hydrogen) atoms. The first kappa shape index (κ1) is 14.2. The van der Waals surface area contributed by atoms with Crippen molar-refractivity contribution in [3.8, 4) is 5.75 Å². The number of halogens is 1. The highest BCUT2D eigenvalue weighted by Crippen LogP contribution is 2.69. The molecule has 0 atom stereocenters. The van der Waals surface area contributed by atoms with E-state index in [0.29, 0.717) is 11.5 Å². The summed E-state index contributed by atoms with van der Waals surface area (Å²) < 4.78 is 5.59. The normalized spacial score (nSPS) is 21.9. The summed E-state index contributed by atoms with van der Waals surface area (Å²) in [5.74, 6) is 0.982. The lowest BCUT2D eigenvalue weighted by Gasteiger charge is -2.50. The van der Waals surface area contributed by atoms with Gasteiger partial charge in [0.25, 0.3) is 0 Å². The van der Waals surface area contributed by atoms with Crippen molar-refractivity contribution in [2.24, 2.45) is 5.41 Å². The summed E-state index contributed by atoms with van der Waals surface area (Å²) in [5.41, 5.74) is 2.14. The van der Waals surface area contributed by atoms with Crippen LogP contribution in [0.1, 0.15) is 45.1 Å². The average molecular weight is 294 g/mol. The molecule has 2 nitrogen and oxygen atoms in total. The van der Waals surface area contributed by atoms with E-state index in [0.717, 1.165) is 17.3 Å². The van der Waals surface area contributed by atoms with E-state index >= 15 is 0 Å². The Bertz CT molecular complexity index is 500. The largest absolute Gasteiger partial charge is 0.496 e. The summed E-state index contributed by atoms with van der Waals surface area (Å²) in [4.78, 5) is 0. The van der Waals surface area contributed by atoms with Crippen molar-refractivity contribution in [2.75, 3.05) is 13.7 Å². The highest BCUT2D eigenvalue weighted by atomic mass is 35.5. The molecule has 2 fully saturated rings. The topological polar surface area (TPSA) is 21.3 Å². The number of nitrogens with one attached hydrogen (secondary N) is 1. The van der Waals surface area contributed by atoms with Crippen LogP contribution in [-0.2, 0) is 5.41 Å². The van der Waals surface area contributed by atoms with Crippen molar-refractivity contribution >= 4 is 11.6 Å². The molecular formula is C17H24ClNO. The van der Waals surface area contributed by atoms with Crippen LogP contribution in [-0.4, -0.2) is 19.7 Å². The minimum atomic E-state index is 0.205. The Morgan fingerprint density at radius 1 is 1.30 bits per heavy atom. The summed E-state index contributed by atoms with van der Waals surface area (Å²) in [7, 11) is 1.75. The van der Waals surface area contributed by atoms with Crippen LogP contribution in [0.2, 0.25) is 5.02 Å². The first-order chi connectivity index (χ1) is 9.49. The van der Waals surface area contributed by atoms with Crippen molar-refractivity contribution in [1.29, 1.82) is 0 Å². The Balaban J connectivity index is 1.91. The van der Waals surface area contributed by atoms with Crippen LogP contribution in [0.25, 0.3) is 0 Å². The van der Waals surface area contributed by atoms with Crippen LogP contribution in [0.15, 0.2) is 18.2 Å². The average Bonchev–Trinajstić information content (AvgIpc) is 3.15. The van der Waals surface area contributed by atoms with Gasteiger partial charge in [0.2, 0.25) is 0 Å². The zero-order valence-electron chi connectivity index (χ0n) is 12.6. The molecular weight excluding hydrogens is 270 g/mol. The molecule has 3 heteroatoms. The fourth-order valence-electron chi connectivity index (χ4n) is 3.82. The van der Waals surface area contributed by atoms with Crippen molar-refractivity contribution in [3.63, 3.8) is 0 Å². The molecule has 2 aliphatic rings. The second-order valence-electron chi connectivity index (χ2n) is 7.01. The van der Waals surface area contributed by atoms with Gasteiger partial charge in [0.15, 0.2) is 0 Å². The van der Waals surface area contributed by atoms with E-state index < -0.39 is 0 Å². The molecule has 0 bridgehead atoms. The molecule has 1 aromatic rings. The molecule has 0 aromatic heterocycles. The third-order valence-electron chi connectivity index (χ3n) is 4.97. The van der Waals surface area contributed by atoms with E-state index in [-0.39, 0.29) is 5.41 Å². The molecule has 2 aliphatic carbocycles. The lowest BCUT2D eigenvalue weighted by atomic mass is 9.56. The fraction of sp³-hybridized carbons (Fsp3) is 0.647. The monoisotopic (exact) mass is 293 g/mol. The van der Waals surface area contributed by atoms with Crippen LogP contribution < -0.4 is 10.1 Å². The van der Waals surface area contributed by atoms with Gasteiger partial charge in [-0.3, -0.25) is 0 Å². The molecule has 110 valence electrons. The van der Waals surface area contributed by atoms with Gasteiger partial charge in [0, 0.05) is 28.6 Å². The van der Waals surface area contributed by atoms with Gasteiger partial charge in [-0.25, -0.2) is 0 Å². The van der Waals surface area contributed by atoms with Crippen molar-refractivity contribution in [1.82, 2.24) is 5.32 Å². The summed E-state index contributed by atoms with van der Waals surface area (Å²) in [5, 5.41) is 4.43. The number of hydrogen-bond acceptors (Lipinski definition) is 2. The summed E-state index contributed by atoms with van der Waals surface area (Å²) in [6.45, 7) is 5.42. The number of methoxy groups -OCH3 is 1. The maximum absolute atomic E-state index is 6.23. The molecule has 1 N–H and O–H groups in total. The maximum Gasteiger partial charge on any atom is 0.122 e. The molecule has 1 spiro atoms. The van der Waals surface area contributed by atoms with Crippen LogP contribution in [0.4, 0.5) is 0 Å². The molecule has 0 amide bonds. The number of hydrogen-bond donors (Lipinski definition) is 1. The van der Waals surface area contributed by atoms with E-state index in [1.165, 1.54) is 31.2 Å². The maximum atomic E-state index is 6.23. The molecule has 2 saturated carbocycles. The highest BCUT2D eigenvalue weighted by Gasteiger charge is 2.61. The first-order valence-electron chi connectivity index (χ1n) is 7.56. The second kappa shape index (κ2) is 4.92. The molecule has 0 heterocycles. The van der Waals surface area contributed by atoms with Crippen molar-refractivity contribution in [2.45, 2.75) is 51.0 Å². The van der Waals surface area contributed by atoms with Gasteiger partial charge >= 0.3 is 0 Å². The zero-order chi connectivity index (χ0) is 14.4. The number of ether oxygens (including phenoxy) is 1. The van der Waals surface area contributed by atoms with Gasteiger partial charge in [-0.1, -0.05) is 25.4 Å². The standard InChI is InChI=1S/C17H24ClNO/c1-12(2)19-11-17(9-16(10-17)6-7-16)14-8-13(18)4-5-15(14)20-3/h4-5,8,12,19H,6-7,9-11H2,1-3H3. The molecule has 0 unspecified atom stereocenters. The molecule has 0 aliphatic heterocycles. The van der Waals surface area contributed by atoms with E-state index in [1.54, 1.807) is 7.11 Å². The van der Waals surface area contributed by atoms with Gasteiger partial charge in [0.1, 0.15) is 5.75 Å². The van der Waals surface area contributed by atoms with Crippen molar-refractivity contribution < 1.29 is 4.74 Å². The summed E-state index contributed by atoms with van der Waals surface area (Å²) >= 11 is 6.23. The Hall–Kier alpha value is -0.730. The molecule has 0 saturated heterocycles. The quantitative estimate of drug-likeness (QED) is 0.880. The lowest BCUT2D eigenvalue weighted by molar-refractivity contribution is 0.111. The van der Waals surface area contributed by atoms with Gasteiger partial charge in [0.05, 0.1) is 7.11 Å². The van der Waals surface area contributed by atoms with Crippen LogP contribution in [0, 0.1) is 5.41 Å². The van der Waals surface area contributed by atoms with Gasteiger partial charge in [-0.05, 0) is 49.3 Å². The van der Waals surface area contributed by atoms with Crippen LogP contribution in [0.3, 0.4) is 0 Å². The third-order valence-corrected chi connectivity index (χ3v) is 5.20. The smallest absolute Gasteiger partial charge is 0.122 e. The van der Waals surface area contributed by atoms with Gasteiger partial charge in [-0.2, -0.15) is 0 Å². The van der Waals surface area contributed by atoms with Gasteiger partial charge < -0.3 is 10.1 Å².